The van der Waals surface area contributed by atoms with Crippen LogP contribution in [0.25, 0.3) is 11.3 Å². The van der Waals surface area contributed by atoms with Crippen molar-refractivity contribution in [3.05, 3.63) is 41.7 Å². The Balaban J connectivity index is 1.94. The zero-order valence-corrected chi connectivity index (χ0v) is 11.6. The Kier molecular flexibility index (Phi) is 4.71. The smallest absolute Gasteiger partial charge is 0.303 e. The highest BCUT2D eigenvalue weighted by Gasteiger charge is 2.13. The first-order valence-electron chi connectivity index (χ1n) is 6.60. The lowest BCUT2D eigenvalue weighted by Crippen LogP contribution is -2.24. The zero-order chi connectivity index (χ0) is 15.2. The SMILES string of the molecule is Cc1ccc(-c2cc(C(=O)NCCCC(=O)O)on2)cc1. The fourth-order valence-corrected chi connectivity index (χ4v) is 1.77. The van der Waals surface area contributed by atoms with Gasteiger partial charge in [0.25, 0.3) is 5.91 Å². The number of rotatable bonds is 6. The summed E-state index contributed by atoms with van der Waals surface area (Å²) in [5, 5.41) is 15.0. The second kappa shape index (κ2) is 6.69. The molecule has 1 aromatic heterocycles. The summed E-state index contributed by atoms with van der Waals surface area (Å²) in [6.07, 6.45) is 0.394. The van der Waals surface area contributed by atoms with Crippen molar-refractivity contribution < 1.29 is 19.2 Å². The third kappa shape index (κ3) is 4.17. The largest absolute Gasteiger partial charge is 0.481 e. The van der Waals surface area contributed by atoms with Gasteiger partial charge < -0.3 is 14.9 Å². The quantitative estimate of drug-likeness (QED) is 0.795. The molecule has 0 bridgehead atoms. The molecule has 6 heteroatoms. The van der Waals surface area contributed by atoms with E-state index >= 15 is 0 Å². The van der Waals surface area contributed by atoms with Crippen molar-refractivity contribution in [1.82, 2.24) is 10.5 Å². The maximum atomic E-state index is 11.8. The second-order valence-corrected chi connectivity index (χ2v) is 4.70. The van der Waals surface area contributed by atoms with Gasteiger partial charge in [0.2, 0.25) is 5.76 Å². The van der Waals surface area contributed by atoms with Gasteiger partial charge in [-0.25, -0.2) is 0 Å². The van der Waals surface area contributed by atoms with E-state index in [2.05, 4.69) is 10.5 Å². The van der Waals surface area contributed by atoms with Gasteiger partial charge in [-0.15, -0.1) is 0 Å². The minimum atomic E-state index is -0.884. The van der Waals surface area contributed by atoms with Crippen LogP contribution in [0.15, 0.2) is 34.9 Å². The van der Waals surface area contributed by atoms with Crippen LogP contribution in [-0.4, -0.2) is 28.7 Å². The third-order valence-electron chi connectivity index (χ3n) is 2.93. The van der Waals surface area contributed by atoms with E-state index in [1.165, 1.54) is 0 Å². The van der Waals surface area contributed by atoms with E-state index in [9.17, 15) is 9.59 Å². The van der Waals surface area contributed by atoms with E-state index in [4.69, 9.17) is 9.63 Å². The molecule has 2 aromatic rings. The van der Waals surface area contributed by atoms with Gasteiger partial charge in [0, 0.05) is 24.6 Å². The minimum absolute atomic E-state index is 0.0191. The Morgan fingerprint density at radius 2 is 2.00 bits per heavy atom. The highest BCUT2D eigenvalue weighted by molar-refractivity contribution is 5.92. The van der Waals surface area contributed by atoms with E-state index in [1.54, 1.807) is 6.07 Å². The summed E-state index contributed by atoms with van der Waals surface area (Å²) in [6.45, 7) is 2.27. The monoisotopic (exact) mass is 288 g/mol. The topological polar surface area (TPSA) is 92.4 Å². The molecule has 1 heterocycles. The first-order chi connectivity index (χ1) is 10.1. The van der Waals surface area contributed by atoms with Gasteiger partial charge >= 0.3 is 5.97 Å². The summed E-state index contributed by atoms with van der Waals surface area (Å²) in [6, 6.07) is 9.28. The highest BCUT2D eigenvalue weighted by Crippen LogP contribution is 2.19. The van der Waals surface area contributed by atoms with Gasteiger partial charge in [0.1, 0.15) is 5.69 Å². The number of hydrogen-bond donors (Lipinski definition) is 2. The molecule has 0 atom stereocenters. The van der Waals surface area contributed by atoms with Gasteiger partial charge in [0.05, 0.1) is 0 Å². The third-order valence-corrected chi connectivity index (χ3v) is 2.93. The Bertz CT molecular complexity index is 631. The standard InChI is InChI=1S/C15H16N2O4/c1-10-4-6-11(7-5-10)12-9-13(21-17-12)15(20)16-8-2-3-14(18)19/h4-7,9H,2-3,8H2,1H3,(H,16,20)(H,18,19). The fraction of sp³-hybridized carbons (Fsp3) is 0.267. The number of aryl methyl sites for hydroxylation is 1. The predicted molar refractivity (Wildman–Crippen MR) is 75.9 cm³/mol. The molecule has 6 nitrogen and oxygen atoms in total. The van der Waals surface area contributed by atoms with Crippen molar-refractivity contribution in [1.29, 1.82) is 0 Å². The molecule has 0 spiro atoms. The van der Waals surface area contributed by atoms with Gasteiger partial charge in [0.15, 0.2) is 0 Å². The lowest BCUT2D eigenvalue weighted by molar-refractivity contribution is -0.137. The van der Waals surface area contributed by atoms with E-state index < -0.39 is 11.9 Å². The number of carbonyl (C=O) groups excluding carboxylic acids is 1. The second-order valence-electron chi connectivity index (χ2n) is 4.70. The highest BCUT2D eigenvalue weighted by atomic mass is 16.5. The molecule has 0 fully saturated rings. The number of carbonyl (C=O) groups is 2. The fourth-order valence-electron chi connectivity index (χ4n) is 1.77. The molecule has 0 saturated heterocycles. The van der Waals surface area contributed by atoms with Crippen molar-refractivity contribution in [2.45, 2.75) is 19.8 Å². The lowest BCUT2D eigenvalue weighted by Gasteiger charge is -2.00. The molecule has 0 radical (unpaired) electrons. The molecule has 2 N–H and O–H groups in total. The number of carboxylic acids is 1. The van der Waals surface area contributed by atoms with Crippen molar-refractivity contribution in [3.63, 3.8) is 0 Å². The number of aromatic nitrogens is 1. The van der Waals surface area contributed by atoms with Crippen LogP contribution >= 0.6 is 0 Å². The lowest BCUT2D eigenvalue weighted by atomic mass is 10.1. The Labute approximate surface area is 121 Å². The predicted octanol–water partition coefficient (Wildman–Crippen LogP) is 2.24. The van der Waals surface area contributed by atoms with Crippen molar-refractivity contribution in [2.75, 3.05) is 6.54 Å². The van der Waals surface area contributed by atoms with Crippen LogP contribution in [0.5, 0.6) is 0 Å². The maximum absolute atomic E-state index is 11.8. The molecular weight excluding hydrogens is 272 g/mol. The summed E-state index contributed by atoms with van der Waals surface area (Å²) in [5.41, 5.74) is 2.60. The first-order valence-corrected chi connectivity index (χ1v) is 6.60. The number of hydrogen-bond acceptors (Lipinski definition) is 4. The van der Waals surface area contributed by atoms with Gasteiger partial charge in [-0.1, -0.05) is 35.0 Å². The summed E-state index contributed by atoms with van der Waals surface area (Å²) < 4.78 is 5.01. The van der Waals surface area contributed by atoms with E-state index in [1.807, 2.05) is 31.2 Å². The first kappa shape index (κ1) is 14.8. The van der Waals surface area contributed by atoms with Gasteiger partial charge in [-0.2, -0.15) is 0 Å². The maximum Gasteiger partial charge on any atom is 0.303 e. The average molecular weight is 288 g/mol. The van der Waals surface area contributed by atoms with Crippen LogP contribution in [0.4, 0.5) is 0 Å². The normalized spacial score (nSPS) is 10.3. The number of amides is 1. The van der Waals surface area contributed by atoms with Crippen LogP contribution in [0.3, 0.4) is 0 Å². The van der Waals surface area contributed by atoms with E-state index in [-0.39, 0.29) is 18.7 Å². The van der Waals surface area contributed by atoms with Crippen LogP contribution in [-0.2, 0) is 4.79 Å². The molecule has 0 saturated carbocycles. The molecule has 110 valence electrons. The van der Waals surface area contributed by atoms with Gasteiger partial charge in [-0.05, 0) is 13.3 Å². The average Bonchev–Trinajstić information content (AvgIpc) is 2.94. The molecule has 0 aliphatic rings. The number of nitrogens with one attached hydrogen (secondary N) is 1. The number of benzene rings is 1. The Morgan fingerprint density at radius 1 is 1.29 bits per heavy atom. The summed E-state index contributed by atoms with van der Waals surface area (Å²) in [5.74, 6) is -1.17. The van der Waals surface area contributed by atoms with E-state index in [0.717, 1.165) is 11.1 Å². The number of aliphatic carboxylic acids is 1. The molecule has 0 aliphatic heterocycles. The van der Waals surface area contributed by atoms with Gasteiger partial charge in [-0.3, -0.25) is 9.59 Å². The molecule has 0 unspecified atom stereocenters. The molecule has 2 rings (SSSR count). The molecule has 0 aliphatic carbocycles. The van der Waals surface area contributed by atoms with Crippen LogP contribution in [0.2, 0.25) is 0 Å². The van der Waals surface area contributed by atoms with Crippen LogP contribution in [0.1, 0.15) is 29.0 Å². The molecular formula is C15H16N2O4. The number of carboxylic acid groups (broad SMARTS) is 1. The van der Waals surface area contributed by atoms with Crippen molar-refractivity contribution >= 4 is 11.9 Å². The number of nitrogens with zero attached hydrogens (tertiary/aromatic N) is 1. The molecule has 21 heavy (non-hydrogen) atoms. The molecule has 1 aromatic carbocycles. The Morgan fingerprint density at radius 3 is 2.67 bits per heavy atom. The zero-order valence-electron chi connectivity index (χ0n) is 11.6. The van der Waals surface area contributed by atoms with Crippen molar-refractivity contribution in [2.24, 2.45) is 0 Å². The van der Waals surface area contributed by atoms with Crippen LogP contribution < -0.4 is 5.32 Å². The van der Waals surface area contributed by atoms with Crippen molar-refractivity contribution in [3.8, 4) is 11.3 Å². The van der Waals surface area contributed by atoms with Crippen LogP contribution in [0, 0.1) is 6.92 Å². The summed E-state index contributed by atoms with van der Waals surface area (Å²) in [7, 11) is 0. The van der Waals surface area contributed by atoms with E-state index in [0.29, 0.717) is 12.1 Å². The summed E-state index contributed by atoms with van der Waals surface area (Å²) in [4.78, 5) is 22.2. The minimum Gasteiger partial charge on any atom is -0.481 e. The molecule has 1 amide bonds. The Hall–Kier alpha value is -2.63. The summed E-state index contributed by atoms with van der Waals surface area (Å²) >= 11 is 0.